The maximum Gasteiger partial charge on any atom is 0.303 e. The molecule has 0 unspecified atom stereocenters. The molecule has 0 spiro atoms. The Hall–Kier alpha value is -2.89. The van der Waals surface area contributed by atoms with Crippen molar-refractivity contribution < 1.29 is 77.2 Å². The summed E-state index contributed by atoms with van der Waals surface area (Å²) < 4.78 is 42.7. The highest BCUT2D eigenvalue weighted by molar-refractivity contribution is 5.69. The number of aliphatic hydroxyl groups excluding tert-OH is 3. The van der Waals surface area contributed by atoms with Gasteiger partial charge in [-0.25, -0.2) is 0 Å². The quantitative estimate of drug-likeness (QED) is 0.198. The average molecular weight is 552 g/mol. The molecule has 16 nitrogen and oxygen atoms in total. The van der Waals surface area contributed by atoms with Gasteiger partial charge >= 0.3 is 29.8 Å². The monoisotopic (exact) mass is 552 g/mol. The second-order valence-corrected chi connectivity index (χ2v) is 8.45. The van der Waals surface area contributed by atoms with E-state index >= 15 is 0 Å². The molecule has 2 aliphatic heterocycles. The zero-order valence-electron chi connectivity index (χ0n) is 21.3. The van der Waals surface area contributed by atoms with E-state index in [1.165, 1.54) is 0 Å². The molecule has 0 aromatic rings. The zero-order chi connectivity index (χ0) is 28.7. The van der Waals surface area contributed by atoms with Gasteiger partial charge < -0.3 is 53.2 Å². The molecule has 0 radical (unpaired) electrons. The summed E-state index contributed by atoms with van der Waals surface area (Å²) in [7, 11) is 0. The predicted molar refractivity (Wildman–Crippen MR) is 116 cm³/mol. The molecular weight excluding hydrogens is 520 g/mol. The van der Waals surface area contributed by atoms with Crippen LogP contribution in [0.1, 0.15) is 34.6 Å². The molecule has 10 atom stereocenters. The van der Waals surface area contributed by atoms with Gasteiger partial charge in [0.15, 0.2) is 36.8 Å². The summed E-state index contributed by atoms with van der Waals surface area (Å²) in [5.41, 5.74) is 0. The highest BCUT2D eigenvalue weighted by Crippen LogP contribution is 2.33. The highest BCUT2D eigenvalue weighted by atomic mass is 16.8. The largest absolute Gasteiger partial charge is 0.456 e. The van der Waals surface area contributed by atoms with E-state index in [9.17, 15) is 39.3 Å². The van der Waals surface area contributed by atoms with Crippen LogP contribution in [0.15, 0.2) is 0 Å². The summed E-state index contributed by atoms with van der Waals surface area (Å²) in [6, 6.07) is 0. The van der Waals surface area contributed by atoms with E-state index in [1.807, 2.05) is 0 Å². The van der Waals surface area contributed by atoms with Crippen molar-refractivity contribution in [3.8, 4) is 0 Å². The summed E-state index contributed by atoms with van der Waals surface area (Å²) in [5, 5.41) is 30.6. The molecule has 0 amide bonds. The topological polar surface area (TPSA) is 220 Å². The lowest BCUT2D eigenvalue weighted by Gasteiger charge is -2.47. The second-order valence-electron chi connectivity index (χ2n) is 8.45. The van der Waals surface area contributed by atoms with E-state index in [4.69, 9.17) is 37.9 Å². The van der Waals surface area contributed by atoms with Crippen molar-refractivity contribution in [3.63, 3.8) is 0 Å². The van der Waals surface area contributed by atoms with Crippen LogP contribution < -0.4 is 0 Å². The normalized spacial score (nSPS) is 34.9. The fourth-order valence-electron chi connectivity index (χ4n) is 4.06. The Morgan fingerprint density at radius 3 is 1.32 bits per heavy atom. The van der Waals surface area contributed by atoms with Crippen LogP contribution in [-0.2, 0) is 61.9 Å². The first-order valence-corrected chi connectivity index (χ1v) is 11.5. The van der Waals surface area contributed by atoms with Crippen molar-refractivity contribution in [1.29, 1.82) is 0 Å². The van der Waals surface area contributed by atoms with Gasteiger partial charge in [0.25, 0.3) is 0 Å². The van der Waals surface area contributed by atoms with Crippen molar-refractivity contribution in [1.82, 2.24) is 0 Å². The molecule has 0 aromatic carbocycles. The van der Waals surface area contributed by atoms with Crippen molar-refractivity contribution >= 4 is 29.8 Å². The number of esters is 5. The number of hydrogen-bond acceptors (Lipinski definition) is 16. The van der Waals surface area contributed by atoms with Crippen LogP contribution in [0.5, 0.6) is 0 Å². The van der Waals surface area contributed by atoms with Crippen LogP contribution in [0, 0.1) is 0 Å². The number of rotatable bonds is 9. The molecule has 38 heavy (non-hydrogen) atoms. The molecule has 0 aliphatic carbocycles. The van der Waals surface area contributed by atoms with Crippen LogP contribution >= 0.6 is 0 Å². The third kappa shape index (κ3) is 8.05. The van der Waals surface area contributed by atoms with E-state index in [2.05, 4.69) is 0 Å². The Bertz CT molecular complexity index is 875. The Balaban J connectivity index is 2.45. The van der Waals surface area contributed by atoms with Crippen LogP contribution in [0.3, 0.4) is 0 Å². The maximum absolute atomic E-state index is 11.9. The summed E-state index contributed by atoms with van der Waals surface area (Å²) in [6.45, 7) is 3.65. The van der Waals surface area contributed by atoms with Gasteiger partial charge in [-0.15, -0.1) is 0 Å². The van der Waals surface area contributed by atoms with Gasteiger partial charge in [0, 0.05) is 34.6 Å². The van der Waals surface area contributed by atoms with Gasteiger partial charge in [-0.1, -0.05) is 0 Å². The maximum atomic E-state index is 11.9. The lowest BCUT2D eigenvalue weighted by Crippen LogP contribution is -2.66. The van der Waals surface area contributed by atoms with E-state index in [0.29, 0.717) is 0 Å². The Morgan fingerprint density at radius 2 is 0.895 bits per heavy atom. The number of carbonyl (C=O) groups is 5. The molecule has 2 saturated heterocycles. The fraction of sp³-hybridized carbons (Fsp3) is 0.773. The van der Waals surface area contributed by atoms with Gasteiger partial charge in [0.1, 0.15) is 18.3 Å². The van der Waals surface area contributed by atoms with Gasteiger partial charge in [0.2, 0.25) is 6.29 Å². The first-order valence-electron chi connectivity index (χ1n) is 11.5. The number of ether oxygens (including phenoxy) is 8. The SMILES string of the molecule is CC(=O)O[C@@H]1[C@@H](OC(C)=O)[C@@H](O[C@H]2O[C@H](CO)[C@@H](OC(C)=O)[C@H](OC(C)=O)[C@H]2O)O[C@H](CO)[C@H]1OC(C)=O. The molecule has 2 aliphatic rings. The van der Waals surface area contributed by atoms with Gasteiger partial charge in [-0.2, -0.15) is 0 Å². The van der Waals surface area contributed by atoms with Gasteiger partial charge in [0.05, 0.1) is 13.2 Å². The minimum absolute atomic E-state index is 0.773. The molecule has 2 heterocycles. The highest BCUT2D eigenvalue weighted by Gasteiger charge is 2.56. The van der Waals surface area contributed by atoms with Crippen LogP contribution in [0.2, 0.25) is 0 Å². The van der Waals surface area contributed by atoms with Gasteiger partial charge in [-0.3, -0.25) is 24.0 Å². The number of carbonyl (C=O) groups excluding carboxylic acids is 5. The fourth-order valence-corrected chi connectivity index (χ4v) is 4.06. The molecule has 0 saturated carbocycles. The molecule has 216 valence electrons. The molecule has 0 aromatic heterocycles. The van der Waals surface area contributed by atoms with Crippen molar-refractivity contribution in [2.45, 2.75) is 96.0 Å². The summed E-state index contributed by atoms with van der Waals surface area (Å²) in [4.78, 5) is 58.7. The molecule has 16 heteroatoms. The first kappa shape index (κ1) is 31.3. The Labute approximate surface area is 216 Å². The van der Waals surface area contributed by atoms with E-state index in [-0.39, 0.29) is 0 Å². The average Bonchev–Trinajstić information content (AvgIpc) is 2.80. The lowest BCUT2D eigenvalue weighted by atomic mass is 9.97. The third-order valence-corrected chi connectivity index (χ3v) is 5.34. The Kier molecular flexibility index (Phi) is 11.4. The standard InChI is InChI=1S/C22H32O16/c1-8(25)31-16-13(6-23)36-21(15(30)18(16)33-10(3)27)38-22-20(35-12(5)29)19(34-11(4)28)17(32-9(2)26)14(7-24)37-22/h13-24,30H,6-7H2,1-5H3/t13-,14-,15-,16-,17-,18-,19+,20-,21-,22-/m1/s1. The predicted octanol–water partition coefficient (Wildman–Crippen LogP) is -2.54. The van der Waals surface area contributed by atoms with Crippen molar-refractivity contribution in [2.24, 2.45) is 0 Å². The number of aliphatic hydroxyl groups is 3. The molecule has 0 bridgehead atoms. The van der Waals surface area contributed by atoms with E-state index < -0.39 is 104 Å². The zero-order valence-corrected chi connectivity index (χ0v) is 21.3. The van der Waals surface area contributed by atoms with Crippen LogP contribution in [-0.4, -0.2) is 120 Å². The smallest absolute Gasteiger partial charge is 0.303 e. The van der Waals surface area contributed by atoms with Crippen LogP contribution in [0.25, 0.3) is 0 Å². The Morgan fingerprint density at radius 1 is 0.553 bits per heavy atom. The molecule has 2 fully saturated rings. The van der Waals surface area contributed by atoms with E-state index in [1.54, 1.807) is 0 Å². The number of hydrogen-bond donors (Lipinski definition) is 3. The van der Waals surface area contributed by atoms with Gasteiger partial charge in [-0.05, 0) is 0 Å². The van der Waals surface area contributed by atoms with E-state index in [0.717, 1.165) is 34.6 Å². The lowest BCUT2D eigenvalue weighted by molar-refractivity contribution is -0.377. The minimum Gasteiger partial charge on any atom is -0.456 e. The summed E-state index contributed by atoms with van der Waals surface area (Å²) in [6.07, 6.45) is -15.7. The van der Waals surface area contributed by atoms with Crippen molar-refractivity contribution in [2.75, 3.05) is 13.2 Å². The molecule has 2 rings (SSSR count). The van der Waals surface area contributed by atoms with Crippen molar-refractivity contribution in [3.05, 3.63) is 0 Å². The third-order valence-electron chi connectivity index (χ3n) is 5.34. The summed E-state index contributed by atoms with van der Waals surface area (Å²) >= 11 is 0. The first-order chi connectivity index (χ1) is 17.8. The van der Waals surface area contributed by atoms with Crippen LogP contribution in [0.4, 0.5) is 0 Å². The second kappa shape index (κ2) is 13.8. The minimum atomic E-state index is -1.85. The molecule has 3 N–H and O–H groups in total. The summed E-state index contributed by atoms with van der Waals surface area (Å²) in [5.74, 6) is -4.27. The molecular formula is C22H32O16.